The fraction of sp³-hybridized carbons (Fsp3) is 1.00. The second-order valence-electron chi connectivity index (χ2n) is 5.21. The van der Waals surface area contributed by atoms with Crippen molar-refractivity contribution >= 4 is 0 Å². The highest BCUT2D eigenvalue weighted by Gasteiger charge is 2.38. The van der Waals surface area contributed by atoms with Gasteiger partial charge in [0.25, 0.3) is 0 Å². The van der Waals surface area contributed by atoms with Gasteiger partial charge in [-0.2, -0.15) is 0 Å². The lowest BCUT2D eigenvalue weighted by atomic mass is 9.92. The van der Waals surface area contributed by atoms with Crippen molar-refractivity contribution in [3.63, 3.8) is 0 Å². The fourth-order valence-electron chi connectivity index (χ4n) is 1.79. The molecule has 1 rings (SSSR count). The van der Waals surface area contributed by atoms with Gasteiger partial charge in [0.15, 0.2) is 0 Å². The monoisotopic (exact) mass is 187 g/mol. The molecule has 13 heavy (non-hydrogen) atoms. The van der Waals surface area contributed by atoms with Gasteiger partial charge >= 0.3 is 0 Å². The van der Waals surface area contributed by atoms with Crippen LogP contribution in [0, 0.1) is 0 Å². The van der Waals surface area contributed by atoms with E-state index in [-0.39, 0.29) is 17.9 Å². The Bertz CT molecular complexity index is 184. The van der Waals surface area contributed by atoms with E-state index >= 15 is 0 Å². The number of hydrogen-bond acceptors (Lipinski definition) is 3. The van der Waals surface area contributed by atoms with Gasteiger partial charge in [-0.25, -0.2) is 0 Å². The van der Waals surface area contributed by atoms with Crippen LogP contribution in [0.3, 0.4) is 0 Å². The van der Waals surface area contributed by atoms with Crippen molar-refractivity contribution in [2.24, 2.45) is 0 Å². The van der Waals surface area contributed by atoms with Crippen LogP contribution in [0.5, 0.6) is 0 Å². The third-order valence-corrected chi connectivity index (χ3v) is 2.33. The molecule has 3 nitrogen and oxygen atoms in total. The van der Waals surface area contributed by atoms with E-state index in [1.54, 1.807) is 13.8 Å². The minimum Gasteiger partial charge on any atom is -0.386 e. The standard InChI is InChI=1S/C10H21NO2/c1-7-6-9(2,3)11-8(13-7)10(4,5)12/h7-8,11-12H,6H2,1-5H3. The second-order valence-corrected chi connectivity index (χ2v) is 5.21. The predicted octanol–water partition coefficient (Wildman–Crippen LogP) is 1.26. The summed E-state index contributed by atoms with van der Waals surface area (Å²) in [7, 11) is 0. The summed E-state index contributed by atoms with van der Waals surface area (Å²) in [4.78, 5) is 0. The normalized spacial score (nSPS) is 34.6. The van der Waals surface area contributed by atoms with Crippen molar-refractivity contribution in [1.82, 2.24) is 5.32 Å². The van der Waals surface area contributed by atoms with Crippen LogP contribution < -0.4 is 5.32 Å². The van der Waals surface area contributed by atoms with Crippen LogP contribution in [0.2, 0.25) is 0 Å². The van der Waals surface area contributed by atoms with Gasteiger partial charge in [0, 0.05) is 5.54 Å². The van der Waals surface area contributed by atoms with E-state index in [1.807, 2.05) is 6.92 Å². The molecule has 2 N–H and O–H groups in total. The van der Waals surface area contributed by atoms with Gasteiger partial charge in [-0.1, -0.05) is 0 Å². The summed E-state index contributed by atoms with van der Waals surface area (Å²) in [5.74, 6) is 0. The molecule has 0 aliphatic carbocycles. The van der Waals surface area contributed by atoms with Gasteiger partial charge in [-0.05, 0) is 41.0 Å². The highest BCUT2D eigenvalue weighted by molar-refractivity contribution is 4.91. The molecule has 0 aromatic heterocycles. The Hall–Kier alpha value is -0.120. The lowest BCUT2D eigenvalue weighted by molar-refractivity contribution is -0.169. The van der Waals surface area contributed by atoms with Crippen molar-refractivity contribution in [2.45, 2.75) is 64.5 Å². The van der Waals surface area contributed by atoms with Crippen LogP contribution in [0.1, 0.15) is 41.0 Å². The van der Waals surface area contributed by atoms with Crippen LogP contribution in [0.25, 0.3) is 0 Å². The molecule has 3 heteroatoms. The molecule has 0 aromatic carbocycles. The Morgan fingerprint density at radius 1 is 1.46 bits per heavy atom. The maximum atomic E-state index is 9.80. The van der Waals surface area contributed by atoms with E-state index in [9.17, 15) is 5.11 Å². The van der Waals surface area contributed by atoms with Crippen molar-refractivity contribution in [2.75, 3.05) is 0 Å². The average Bonchev–Trinajstić information content (AvgIpc) is 1.79. The molecule has 0 spiro atoms. The summed E-state index contributed by atoms with van der Waals surface area (Å²) in [6.45, 7) is 9.83. The van der Waals surface area contributed by atoms with Gasteiger partial charge in [-0.3, -0.25) is 5.32 Å². The topological polar surface area (TPSA) is 41.5 Å². The Morgan fingerprint density at radius 2 is 2.00 bits per heavy atom. The van der Waals surface area contributed by atoms with Gasteiger partial charge < -0.3 is 9.84 Å². The lowest BCUT2D eigenvalue weighted by Gasteiger charge is -2.44. The molecule has 78 valence electrons. The van der Waals surface area contributed by atoms with Crippen LogP contribution in [-0.2, 0) is 4.74 Å². The highest BCUT2D eigenvalue weighted by Crippen LogP contribution is 2.25. The predicted molar refractivity (Wildman–Crippen MR) is 52.5 cm³/mol. The van der Waals surface area contributed by atoms with E-state index in [1.165, 1.54) is 0 Å². The third kappa shape index (κ3) is 2.93. The molecule has 2 atom stereocenters. The minimum atomic E-state index is -0.827. The quantitative estimate of drug-likeness (QED) is 0.649. The molecule has 0 bridgehead atoms. The SMILES string of the molecule is CC1CC(C)(C)NC(C(C)(C)O)O1. The molecular weight excluding hydrogens is 166 g/mol. The van der Waals surface area contributed by atoms with Crippen LogP contribution >= 0.6 is 0 Å². The first-order valence-electron chi connectivity index (χ1n) is 4.86. The van der Waals surface area contributed by atoms with Crippen molar-refractivity contribution in [1.29, 1.82) is 0 Å². The van der Waals surface area contributed by atoms with E-state index < -0.39 is 5.60 Å². The number of ether oxygens (including phenoxy) is 1. The van der Waals surface area contributed by atoms with E-state index in [4.69, 9.17) is 4.74 Å². The van der Waals surface area contributed by atoms with E-state index in [0.717, 1.165) is 6.42 Å². The Labute approximate surface area is 80.5 Å². The summed E-state index contributed by atoms with van der Waals surface area (Å²) >= 11 is 0. The van der Waals surface area contributed by atoms with Crippen molar-refractivity contribution < 1.29 is 9.84 Å². The van der Waals surface area contributed by atoms with Gasteiger partial charge in [-0.15, -0.1) is 0 Å². The first-order valence-corrected chi connectivity index (χ1v) is 4.86. The first kappa shape index (κ1) is 11.0. The maximum absolute atomic E-state index is 9.80. The molecule has 1 saturated heterocycles. The molecule has 1 aliphatic heterocycles. The third-order valence-electron chi connectivity index (χ3n) is 2.33. The minimum absolute atomic E-state index is 0.0440. The highest BCUT2D eigenvalue weighted by atomic mass is 16.5. The number of hydrogen-bond donors (Lipinski definition) is 2. The Morgan fingerprint density at radius 3 is 2.38 bits per heavy atom. The average molecular weight is 187 g/mol. The van der Waals surface area contributed by atoms with Gasteiger partial charge in [0.05, 0.1) is 11.7 Å². The first-order chi connectivity index (χ1) is 5.71. The lowest BCUT2D eigenvalue weighted by Crippen LogP contribution is -2.61. The fourth-order valence-corrected chi connectivity index (χ4v) is 1.79. The zero-order chi connectivity index (χ0) is 10.3. The Kier molecular flexibility index (Phi) is 2.72. The van der Waals surface area contributed by atoms with Crippen molar-refractivity contribution in [3.8, 4) is 0 Å². The van der Waals surface area contributed by atoms with Crippen molar-refractivity contribution in [3.05, 3.63) is 0 Å². The largest absolute Gasteiger partial charge is 0.386 e. The maximum Gasteiger partial charge on any atom is 0.137 e. The summed E-state index contributed by atoms with van der Waals surface area (Å²) in [5, 5.41) is 13.1. The molecule has 2 unspecified atom stereocenters. The van der Waals surface area contributed by atoms with E-state index in [2.05, 4.69) is 19.2 Å². The smallest absolute Gasteiger partial charge is 0.137 e. The molecule has 0 saturated carbocycles. The molecule has 0 amide bonds. The number of nitrogens with one attached hydrogen (secondary N) is 1. The van der Waals surface area contributed by atoms with Gasteiger partial charge in [0.1, 0.15) is 6.23 Å². The van der Waals surface area contributed by atoms with Crippen LogP contribution in [0.15, 0.2) is 0 Å². The molecule has 0 aromatic rings. The Balaban J connectivity index is 2.69. The molecule has 1 heterocycles. The van der Waals surface area contributed by atoms with Crippen LogP contribution in [0.4, 0.5) is 0 Å². The van der Waals surface area contributed by atoms with Crippen LogP contribution in [-0.4, -0.2) is 28.6 Å². The summed E-state index contributed by atoms with van der Waals surface area (Å²) in [6, 6.07) is 0. The van der Waals surface area contributed by atoms with E-state index in [0.29, 0.717) is 0 Å². The molecule has 1 fully saturated rings. The summed E-state index contributed by atoms with van der Waals surface area (Å²) < 4.78 is 5.63. The zero-order valence-corrected chi connectivity index (χ0v) is 9.22. The summed E-state index contributed by atoms with van der Waals surface area (Å²) in [5.41, 5.74) is -0.783. The molecular formula is C10H21NO2. The molecule has 1 aliphatic rings. The van der Waals surface area contributed by atoms with Gasteiger partial charge in [0.2, 0.25) is 0 Å². The molecule has 0 radical (unpaired) electrons. The number of rotatable bonds is 1. The summed E-state index contributed by atoms with van der Waals surface area (Å²) in [6.07, 6.45) is 0.901. The zero-order valence-electron chi connectivity index (χ0n) is 9.22. The number of aliphatic hydroxyl groups is 1. The second kappa shape index (κ2) is 3.23.